The molecule has 0 bridgehead atoms. The fraction of sp³-hybridized carbons (Fsp3) is 0. The van der Waals surface area contributed by atoms with Crippen LogP contribution in [0.5, 0.6) is 0 Å². The van der Waals surface area contributed by atoms with Gasteiger partial charge in [-0.3, -0.25) is 0 Å². The summed E-state index contributed by atoms with van der Waals surface area (Å²) < 4.78 is 7.17. The molecule has 0 amide bonds. The molecule has 33 heavy (non-hydrogen) atoms. The molecule has 3 aromatic heterocycles. The van der Waals surface area contributed by atoms with E-state index in [-0.39, 0.29) is 0 Å². The van der Waals surface area contributed by atoms with E-state index >= 15 is 0 Å². The predicted molar refractivity (Wildman–Crippen MR) is 124 cm³/mol. The average molecular weight is 452 g/mol. The Kier molecular flexibility index (Phi) is 4.63. The molecular formula is C24H14ClN7O. The lowest BCUT2D eigenvalue weighted by Gasteiger charge is -2.08. The number of rotatable bonds is 4. The number of hydrogen-bond donors (Lipinski definition) is 0. The average Bonchev–Trinajstić information content (AvgIpc) is 3.56. The summed E-state index contributed by atoms with van der Waals surface area (Å²) in [4.78, 5) is 0. The van der Waals surface area contributed by atoms with E-state index in [1.807, 2.05) is 78.9 Å². The number of halogens is 1. The number of benzene rings is 3. The third-order valence-electron chi connectivity index (χ3n) is 5.30. The molecule has 0 atom stereocenters. The van der Waals surface area contributed by atoms with Gasteiger partial charge in [0.05, 0.1) is 5.69 Å². The van der Waals surface area contributed by atoms with Gasteiger partial charge in [-0.25, -0.2) is 4.68 Å². The van der Waals surface area contributed by atoms with Gasteiger partial charge >= 0.3 is 0 Å². The highest BCUT2D eigenvalue weighted by atomic mass is 35.5. The molecule has 0 saturated heterocycles. The molecule has 0 fully saturated rings. The van der Waals surface area contributed by atoms with Gasteiger partial charge in [-0.05, 0) is 34.7 Å². The Morgan fingerprint density at radius 2 is 1.55 bits per heavy atom. The van der Waals surface area contributed by atoms with Crippen LogP contribution in [0.25, 0.3) is 50.4 Å². The van der Waals surface area contributed by atoms with Crippen molar-refractivity contribution < 1.29 is 4.52 Å². The Hall–Kier alpha value is -4.43. The fourth-order valence-corrected chi connectivity index (χ4v) is 3.91. The van der Waals surface area contributed by atoms with Crippen LogP contribution in [-0.4, -0.2) is 35.6 Å². The maximum absolute atomic E-state index is 6.12. The first-order valence-corrected chi connectivity index (χ1v) is 10.5. The van der Waals surface area contributed by atoms with Crippen LogP contribution in [0, 0.1) is 0 Å². The van der Waals surface area contributed by atoms with E-state index < -0.39 is 0 Å². The lowest BCUT2D eigenvalue weighted by molar-refractivity contribution is 0.434. The zero-order valence-electron chi connectivity index (χ0n) is 17.0. The Bertz CT molecular complexity index is 1580. The van der Waals surface area contributed by atoms with Crippen LogP contribution in [0.15, 0.2) is 89.7 Å². The van der Waals surface area contributed by atoms with Crippen molar-refractivity contribution in [2.75, 3.05) is 0 Å². The van der Waals surface area contributed by atoms with Crippen molar-refractivity contribution in [2.24, 2.45) is 0 Å². The van der Waals surface area contributed by atoms with Gasteiger partial charge in [0, 0.05) is 33.0 Å². The van der Waals surface area contributed by atoms with E-state index in [9.17, 15) is 0 Å². The SMILES string of the molecule is Clc1cccc(-c2cc(-c3nnc(-c4ccc(-n5cnnn5)cc4)c4ccccc34)no2)c1. The molecule has 0 unspecified atom stereocenters. The largest absolute Gasteiger partial charge is 0.356 e. The normalized spacial score (nSPS) is 11.2. The molecule has 0 saturated carbocycles. The smallest absolute Gasteiger partial charge is 0.167 e. The Morgan fingerprint density at radius 1 is 0.758 bits per heavy atom. The van der Waals surface area contributed by atoms with Gasteiger partial charge in [0.2, 0.25) is 0 Å². The van der Waals surface area contributed by atoms with Gasteiger partial charge in [-0.1, -0.05) is 65.3 Å². The van der Waals surface area contributed by atoms with Gasteiger partial charge in [0.1, 0.15) is 23.4 Å². The first-order chi connectivity index (χ1) is 16.3. The summed E-state index contributed by atoms with van der Waals surface area (Å²) >= 11 is 6.12. The van der Waals surface area contributed by atoms with Crippen molar-refractivity contribution in [3.63, 3.8) is 0 Å². The quantitative estimate of drug-likeness (QED) is 0.361. The third-order valence-corrected chi connectivity index (χ3v) is 5.54. The third kappa shape index (κ3) is 3.52. The van der Waals surface area contributed by atoms with Crippen molar-refractivity contribution in [3.8, 4) is 39.7 Å². The summed E-state index contributed by atoms with van der Waals surface area (Å²) in [5.41, 5.74) is 4.66. The minimum absolute atomic E-state index is 0.606. The van der Waals surface area contributed by atoms with Gasteiger partial charge in [-0.15, -0.1) is 15.3 Å². The highest BCUT2D eigenvalue weighted by molar-refractivity contribution is 6.30. The zero-order chi connectivity index (χ0) is 22.2. The van der Waals surface area contributed by atoms with Crippen LogP contribution < -0.4 is 0 Å². The van der Waals surface area contributed by atoms with Crippen LogP contribution in [0.4, 0.5) is 0 Å². The number of hydrogen-bond acceptors (Lipinski definition) is 7. The topological polar surface area (TPSA) is 95.4 Å². The zero-order valence-corrected chi connectivity index (χ0v) is 17.8. The van der Waals surface area contributed by atoms with Crippen molar-refractivity contribution >= 4 is 22.4 Å². The summed E-state index contributed by atoms with van der Waals surface area (Å²) in [6.45, 7) is 0. The van der Waals surface area contributed by atoms with Crippen molar-refractivity contribution in [1.82, 2.24) is 35.6 Å². The molecule has 158 valence electrons. The second-order valence-electron chi connectivity index (χ2n) is 7.33. The van der Waals surface area contributed by atoms with E-state index in [0.29, 0.717) is 22.2 Å². The summed E-state index contributed by atoms with van der Waals surface area (Å²) in [6.07, 6.45) is 1.55. The first-order valence-electron chi connectivity index (χ1n) is 10.1. The molecule has 6 aromatic rings. The van der Waals surface area contributed by atoms with Crippen LogP contribution >= 0.6 is 11.6 Å². The highest BCUT2D eigenvalue weighted by Gasteiger charge is 2.16. The Balaban J connectivity index is 1.42. The highest BCUT2D eigenvalue weighted by Crippen LogP contribution is 2.34. The first kappa shape index (κ1) is 19.3. The maximum atomic E-state index is 6.12. The molecule has 0 aliphatic heterocycles. The molecule has 0 aliphatic carbocycles. The number of aromatic nitrogens is 7. The van der Waals surface area contributed by atoms with E-state index in [1.165, 1.54) is 0 Å². The number of fused-ring (bicyclic) bond motifs is 1. The van der Waals surface area contributed by atoms with E-state index in [4.69, 9.17) is 16.1 Å². The summed E-state index contributed by atoms with van der Waals surface area (Å²) in [5.74, 6) is 0.612. The fourth-order valence-electron chi connectivity index (χ4n) is 3.72. The van der Waals surface area contributed by atoms with Crippen LogP contribution in [0.2, 0.25) is 5.02 Å². The lowest BCUT2D eigenvalue weighted by atomic mass is 10.0. The number of nitrogens with zero attached hydrogens (tertiary/aromatic N) is 7. The molecule has 3 aromatic carbocycles. The minimum atomic E-state index is 0.606. The van der Waals surface area contributed by atoms with Gasteiger partial charge in [0.25, 0.3) is 0 Å². The van der Waals surface area contributed by atoms with Crippen molar-refractivity contribution in [1.29, 1.82) is 0 Å². The molecule has 9 heteroatoms. The van der Waals surface area contributed by atoms with Crippen LogP contribution in [0.1, 0.15) is 0 Å². The molecule has 6 rings (SSSR count). The predicted octanol–water partition coefficient (Wildman–Crippen LogP) is 5.25. The van der Waals surface area contributed by atoms with E-state index in [1.54, 1.807) is 11.0 Å². The van der Waals surface area contributed by atoms with Crippen molar-refractivity contribution in [3.05, 3.63) is 90.2 Å². The van der Waals surface area contributed by atoms with E-state index in [0.717, 1.165) is 33.3 Å². The van der Waals surface area contributed by atoms with E-state index in [2.05, 4.69) is 30.9 Å². The summed E-state index contributed by atoms with van der Waals surface area (Å²) in [5, 5.41) is 27.1. The molecule has 0 aliphatic rings. The lowest BCUT2D eigenvalue weighted by Crippen LogP contribution is -1.97. The minimum Gasteiger partial charge on any atom is -0.356 e. The van der Waals surface area contributed by atoms with Gasteiger partial charge in [-0.2, -0.15) is 0 Å². The number of tetrazole rings is 1. The van der Waals surface area contributed by atoms with Crippen LogP contribution in [0.3, 0.4) is 0 Å². The second-order valence-corrected chi connectivity index (χ2v) is 7.77. The van der Waals surface area contributed by atoms with Crippen LogP contribution in [-0.2, 0) is 0 Å². The monoisotopic (exact) mass is 451 g/mol. The Labute approximate surface area is 192 Å². The summed E-state index contributed by atoms with van der Waals surface area (Å²) in [7, 11) is 0. The molecular weight excluding hydrogens is 438 g/mol. The van der Waals surface area contributed by atoms with Gasteiger partial charge in [0.15, 0.2) is 5.76 Å². The molecule has 0 spiro atoms. The molecule has 0 N–H and O–H groups in total. The van der Waals surface area contributed by atoms with Crippen molar-refractivity contribution in [2.45, 2.75) is 0 Å². The standard InChI is InChI=1S/C24H14ClN7O/c25-17-5-3-4-16(12-17)22-13-21(29-33-22)24-20-7-2-1-6-19(20)23(27-28-24)15-8-10-18(11-9-15)32-14-26-30-31-32/h1-14H. The Morgan fingerprint density at radius 3 is 2.30 bits per heavy atom. The maximum Gasteiger partial charge on any atom is 0.167 e. The summed E-state index contributed by atoms with van der Waals surface area (Å²) in [6, 6.07) is 25.1. The van der Waals surface area contributed by atoms with Gasteiger partial charge < -0.3 is 4.52 Å². The molecule has 3 heterocycles. The second kappa shape index (κ2) is 7.92. The molecule has 8 nitrogen and oxygen atoms in total. The molecule has 0 radical (unpaired) electrons.